The van der Waals surface area contributed by atoms with Gasteiger partial charge < -0.3 is 18.8 Å². The molecule has 3 rings (SSSR count). The first-order valence-electron chi connectivity index (χ1n) is 8.78. The molecule has 11 heteroatoms. The number of hydrogen-bond donors (Lipinski definition) is 1. The van der Waals surface area contributed by atoms with Crippen molar-refractivity contribution in [3.63, 3.8) is 0 Å². The summed E-state index contributed by atoms with van der Waals surface area (Å²) in [5.74, 6) is -0.0363. The van der Waals surface area contributed by atoms with Crippen LogP contribution < -0.4 is 10.8 Å². The first kappa shape index (κ1) is 21.6. The number of nitrogens with one attached hydrogen (secondary N) is 1. The Hall–Kier alpha value is -3.07. The lowest BCUT2D eigenvalue weighted by Gasteiger charge is -2.12. The Morgan fingerprint density at radius 2 is 1.70 bits per heavy atom. The van der Waals surface area contributed by atoms with E-state index in [-0.39, 0.29) is 41.7 Å². The molecule has 2 aromatic carbocycles. The van der Waals surface area contributed by atoms with Crippen molar-refractivity contribution in [2.24, 2.45) is 0 Å². The van der Waals surface area contributed by atoms with Gasteiger partial charge in [0, 0.05) is 39.3 Å². The topological polar surface area (TPSA) is 117 Å². The molecule has 30 heavy (non-hydrogen) atoms. The Kier molecular flexibility index (Phi) is 6.61. The molecule has 0 saturated carbocycles. The molecule has 0 radical (unpaired) electrons. The van der Waals surface area contributed by atoms with Gasteiger partial charge in [0.2, 0.25) is 17.2 Å². The van der Waals surface area contributed by atoms with Crippen LogP contribution in [0.1, 0.15) is 17.0 Å². The molecule has 0 aliphatic heterocycles. The number of nitrogens with zero attached hydrogens (tertiary/aromatic N) is 2. The van der Waals surface area contributed by atoms with Crippen LogP contribution in [0.2, 0.25) is 0 Å². The van der Waals surface area contributed by atoms with E-state index < -0.39 is 12.5 Å². The van der Waals surface area contributed by atoms with E-state index in [1.54, 1.807) is 24.3 Å². The number of rotatable bonds is 9. The average Bonchev–Trinajstić information content (AvgIpc) is 3.16. The van der Waals surface area contributed by atoms with Crippen LogP contribution in [0.4, 0.5) is 16.0 Å². The molecule has 0 atom stereocenters. The van der Waals surface area contributed by atoms with Crippen LogP contribution in [0.25, 0.3) is 0 Å². The monoisotopic (exact) mass is 435 g/mol. The zero-order chi connectivity index (χ0) is 21.7. The summed E-state index contributed by atoms with van der Waals surface area (Å²) in [6.07, 6.45) is 0.205. The van der Waals surface area contributed by atoms with Gasteiger partial charge in [-0.2, -0.15) is 0 Å². The van der Waals surface area contributed by atoms with Gasteiger partial charge in [-0.05, 0) is 23.3 Å². The number of halogens is 1. The van der Waals surface area contributed by atoms with Crippen molar-refractivity contribution < 1.29 is 27.3 Å². The highest BCUT2D eigenvalue weighted by molar-refractivity contribution is 7.62. The van der Waals surface area contributed by atoms with Gasteiger partial charge in [-0.1, -0.05) is 24.3 Å². The largest absolute Gasteiger partial charge is 0.424 e. The van der Waals surface area contributed by atoms with Crippen LogP contribution in [0, 0.1) is 15.9 Å². The molecule has 0 aliphatic carbocycles. The highest BCUT2D eigenvalue weighted by Gasteiger charge is 2.34. The Morgan fingerprint density at radius 3 is 2.27 bits per heavy atom. The summed E-state index contributed by atoms with van der Waals surface area (Å²) in [5.41, 5.74) is 1.42. The van der Waals surface area contributed by atoms with Gasteiger partial charge in [-0.15, -0.1) is 0 Å². The molecule has 9 nitrogen and oxygen atoms in total. The lowest BCUT2D eigenvalue weighted by atomic mass is 10.1. The lowest BCUT2D eigenvalue weighted by molar-refractivity contribution is -0.384. The molecular formula is C19H19FN3O6P. The number of aromatic nitrogens is 1. The molecule has 0 amide bonds. The molecule has 0 aliphatic rings. The molecule has 0 saturated heterocycles. The maximum atomic E-state index is 13.1. The van der Waals surface area contributed by atoms with Crippen molar-refractivity contribution in [1.82, 2.24) is 4.98 Å². The fraction of sp³-hybridized carbons (Fsp3) is 0.211. The smallest absolute Gasteiger partial charge is 0.384 e. The number of nitro benzene ring substituents is 1. The molecule has 158 valence electrons. The van der Waals surface area contributed by atoms with Crippen molar-refractivity contribution in [2.75, 3.05) is 19.5 Å². The van der Waals surface area contributed by atoms with Crippen molar-refractivity contribution in [1.29, 1.82) is 0 Å². The van der Waals surface area contributed by atoms with E-state index in [1.807, 2.05) is 0 Å². The molecule has 1 aromatic heterocycles. The standard InChI is InChI=1S/C19H19FN3O6P/c1-27-30(26,28-2)19-18(21-12-14-3-7-15(20)8-4-14)29-17(22-19)11-13-5-9-16(10-6-13)23(24)25/h3-10,21H,11-12H2,1-2H3. The summed E-state index contributed by atoms with van der Waals surface area (Å²) >= 11 is 0. The number of hydrogen-bond acceptors (Lipinski definition) is 8. The second kappa shape index (κ2) is 9.17. The molecule has 0 fully saturated rings. The zero-order valence-corrected chi connectivity index (χ0v) is 17.1. The third kappa shape index (κ3) is 4.91. The molecule has 0 unspecified atom stereocenters. The Balaban J connectivity index is 1.86. The maximum absolute atomic E-state index is 13.1. The SMILES string of the molecule is COP(=O)(OC)c1nc(Cc2ccc([N+](=O)[O-])cc2)oc1NCc1ccc(F)cc1. The summed E-state index contributed by atoms with van der Waals surface area (Å²) in [4.78, 5) is 14.6. The van der Waals surface area contributed by atoms with E-state index >= 15 is 0 Å². The van der Waals surface area contributed by atoms with Crippen LogP contribution in [0.5, 0.6) is 0 Å². The highest BCUT2D eigenvalue weighted by Crippen LogP contribution is 2.47. The Bertz CT molecular complexity index is 1060. The summed E-state index contributed by atoms with van der Waals surface area (Å²) in [6, 6.07) is 11.8. The molecule has 1 N–H and O–H groups in total. The number of non-ortho nitro benzene ring substituents is 1. The average molecular weight is 435 g/mol. The van der Waals surface area contributed by atoms with E-state index in [1.165, 1.54) is 38.5 Å². The molecule has 3 aromatic rings. The third-order valence-electron chi connectivity index (χ3n) is 4.26. The normalized spacial score (nSPS) is 11.4. The summed E-state index contributed by atoms with van der Waals surface area (Å²) in [6.45, 7) is 0.257. The zero-order valence-electron chi connectivity index (χ0n) is 16.2. The second-order valence-corrected chi connectivity index (χ2v) is 8.35. The van der Waals surface area contributed by atoms with Crippen molar-refractivity contribution >= 4 is 24.6 Å². The maximum Gasteiger partial charge on any atom is 0.384 e. The minimum atomic E-state index is -3.72. The summed E-state index contributed by atoms with van der Waals surface area (Å²) < 4.78 is 41.8. The lowest BCUT2D eigenvalue weighted by Crippen LogP contribution is -2.15. The van der Waals surface area contributed by atoms with Gasteiger partial charge in [-0.3, -0.25) is 14.7 Å². The first-order valence-corrected chi connectivity index (χ1v) is 10.3. The second-order valence-electron chi connectivity index (χ2n) is 6.20. The van der Waals surface area contributed by atoms with Crippen molar-refractivity contribution in [2.45, 2.75) is 13.0 Å². The van der Waals surface area contributed by atoms with Crippen molar-refractivity contribution in [3.05, 3.63) is 81.5 Å². The Labute approximate surface area is 171 Å². The van der Waals surface area contributed by atoms with Crippen molar-refractivity contribution in [3.8, 4) is 0 Å². The van der Waals surface area contributed by atoms with Crippen LogP contribution in [0.15, 0.2) is 52.9 Å². The van der Waals surface area contributed by atoms with Gasteiger partial charge >= 0.3 is 7.60 Å². The minimum absolute atomic E-state index is 0.0217. The summed E-state index contributed by atoms with van der Waals surface area (Å²) in [5, 5.41) is 13.8. The van der Waals surface area contributed by atoms with Gasteiger partial charge in [0.05, 0.1) is 4.92 Å². The van der Waals surface area contributed by atoms with Gasteiger partial charge in [0.25, 0.3) is 5.69 Å². The number of nitro groups is 1. The minimum Gasteiger partial charge on any atom is -0.424 e. The van der Waals surface area contributed by atoms with Gasteiger partial charge in [-0.25, -0.2) is 9.37 Å². The van der Waals surface area contributed by atoms with Gasteiger partial charge in [0.1, 0.15) is 5.82 Å². The molecule has 0 bridgehead atoms. The van der Waals surface area contributed by atoms with E-state index in [2.05, 4.69) is 10.3 Å². The van der Waals surface area contributed by atoms with Crippen LogP contribution in [-0.2, 0) is 26.6 Å². The predicted octanol–water partition coefficient (Wildman–Crippen LogP) is 4.04. The van der Waals surface area contributed by atoms with Crippen LogP contribution >= 0.6 is 7.60 Å². The molecule has 1 heterocycles. The van der Waals surface area contributed by atoms with E-state index in [4.69, 9.17) is 13.5 Å². The quantitative estimate of drug-likeness (QED) is 0.304. The first-order chi connectivity index (χ1) is 14.3. The number of oxazole rings is 1. The van der Waals surface area contributed by atoms with Gasteiger partial charge in [0.15, 0.2) is 0 Å². The number of anilines is 1. The number of benzene rings is 2. The predicted molar refractivity (Wildman–Crippen MR) is 107 cm³/mol. The summed E-state index contributed by atoms with van der Waals surface area (Å²) in [7, 11) is -1.25. The fourth-order valence-electron chi connectivity index (χ4n) is 2.67. The molecular weight excluding hydrogens is 416 g/mol. The van der Waals surface area contributed by atoms with E-state index in [0.717, 1.165) is 5.56 Å². The molecule has 0 spiro atoms. The Morgan fingerprint density at radius 1 is 1.10 bits per heavy atom. The van der Waals surface area contributed by atoms with E-state index in [9.17, 15) is 19.1 Å². The fourth-order valence-corrected chi connectivity index (χ4v) is 3.78. The third-order valence-corrected chi connectivity index (χ3v) is 6.05. The van der Waals surface area contributed by atoms with E-state index in [0.29, 0.717) is 5.56 Å². The van der Waals surface area contributed by atoms with Crippen LogP contribution in [0.3, 0.4) is 0 Å². The van der Waals surface area contributed by atoms with Crippen LogP contribution in [-0.4, -0.2) is 24.1 Å². The highest BCUT2D eigenvalue weighted by atomic mass is 31.2.